The third kappa shape index (κ3) is 3.21. The van der Waals surface area contributed by atoms with E-state index in [0.29, 0.717) is 12.1 Å². The van der Waals surface area contributed by atoms with E-state index >= 15 is 0 Å². The molecule has 116 valence electrons. The number of carbonyl (C=O) groups excluding carboxylic acids is 1. The van der Waals surface area contributed by atoms with Crippen molar-refractivity contribution < 1.29 is 4.79 Å². The predicted octanol–water partition coefficient (Wildman–Crippen LogP) is 3.49. The molecule has 0 aliphatic rings. The fourth-order valence-electron chi connectivity index (χ4n) is 2.46. The van der Waals surface area contributed by atoms with Crippen molar-refractivity contribution in [2.75, 3.05) is 0 Å². The smallest absolute Gasteiger partial charge is 0.251 e. The quantitative estimate of drug-likeness (QED) is 0.806. The lowest BCUT2D eigenvalue weighted by atomic mass is 10.1. The van der Waals surface area contributed by atoms with Crippen LogP contribution in [0.5, 0.6) is 0 Å². The monoisotopic (exact) mass is 305 g/mol. The Morgan fingerprint density at radius 1 is 0.957 bits per heavy atom. The van der Waals surface area contributed by atoms with Crippen molar-refractivity contribution in [1.82, 2.24) is 15.3 Å². The van der Waals surface area contributed by atoms with Gasteiger partial charge in [0.15, 0.2) is 0 Å². The Kier molecular flexibility index (Phi) is 4.06. The largest absolute Gasteiger partial charge is 0.348 e. The summed E-state index contributed by atoms with van der Waals surface area (Å²) in [6.07, 6.45) is 0. The molecule has 4 heteroatoms. The average Bonchev–Trinajstić information content (AvgIpc) is 2.54. The first-order valence-electron chi connectivity index (χ1n) is 7.62. The van der Waals surface area contributed by atoms with Crippen molar-refractivity contribution in [1.29, 1.82) is 0 Å². The van der Waals surface area contributed by atoms with Crippen LogP contribution in [0.25, 0.3) is 11.0 Å². The molecule has 1 heterocycles. The molecule has 0 saturated carbocycles. The highest BCUT2D eigenvalue weighted by molar-refractivity contribution is 5.97. The van der Waals surface area contributed by atoms with E-state index in [4.69, 9.17) is 0 Å². The van der Waals surface area contributed by atoms with E-state index in [0.717, 1.165) is 28.0 Å². The molecule has 1 aromatic heterocycles. The molecule has 0 spiro atoms. The van der Waals surface area contributed by atoms with E-state index in [9.17, 15) is 4.79 Å². The van der Waals surface area contributed by atoms with Crippen molar-refractivity contribution in [2.45, 2.75) is 27.3 Å². The summed E-state index contributed by atoms with van der Waals surface area (Å²) in [7, 11) is 0. The van der Waals surface area contributed by atoms with Crippen LogP contribution in [0.3, 0.4) is 0 Å². The van der Waals surface area contributed by atoms with Crippen LogP contribution in [0.15, 0.2) is 42.5 Å². The summed E-state index contributed by atoms with van der Waals surface area (Å²) >= 11 is 0. The highest BCUT2D eigenvalue weighted by Gasteiger charge is 2.09. The van der Waals surface area contributed by atoms with Gasteiger partial charge in [-0.25, -0.2) is 9.97 Å². The summed E-state index contributed by atoms with van der Waals surface area (Å²) in [6, 6.07) is 13.5. The molecule has 0 unspecified atom stereocenters. The van der Waals surface area contributed by atoms with Gasteiger partial charge in [-0.2, -0.15) is 0 Å². The zero-order valence-corrected chi connectivity index (χ0v) is 13.6. The molecule has 1 amide bonds. The molecular formula is C19H19N3O. The molecule has 0 saturated heterocycles. The summed E-state index contributed by atoms with van der Waals surface area (Å²) in [4.78, 5) is 21.4. The summed E-state index contributed by atoms with van der Waals surface area (Å²) < 4.78 is 0. The van der Waals surface area contributed by atoms with Crippen LogP contribution in [0.2, 0.25) is 0 Å². The van der Waals surface area contributed by atoms with Crippen LogP contribution >= 0.6 is 0 Å². The number of aromatic nitrogens is 2. The number of hydrogen-bond acceptors (Lipinski definition) is 3. The Labute approximate surface area is 135 Å². The molecule has 0 aliphatic heterocycles. The molecule has 2 aromatic carbocycles. The second-order valence-corrected chi connectivity index (χ2v) is 5.71. The van der Waals surface area contributed by atoms with Crippen molar-refractivity contribution in [2.24, 2.45) is 0 Å². The number of carbonyl (C=O) groups is 1. The van der Waals surface area contributed by atoms with Crippen molar-refractivity contribution in [3.8, 4) is 0 Å². The van der Waals surface area contributed by atoms with E-state index in [1.165, 1.54) is 5.56 Å². The minimum absolute atomic E-state index is 0.102. The second kappa shape index (κ2) is 6.16. The standard InChI is InChI=1S/C19H19N3O/c1-12-6-4-5-7-16(12)11-20-19(23)15-8-9-17-18(10-15)22-14(3)13(2)21-17/h4-10H,11H2,1-3H3,(H,20,23). The lowest BCUT2D eigenvalue weighted by Gasteiger charge is -2.09. The topological polar surface area (TPSA) is 54.9 Å². The van der Waals surface area contributed by atoms with E-state index in [1.807, 2.05) is 51.1 Å². The number of fused-ring (bicyclic) bond motifs is 1. The average molecular weight is 305 g/mol. The molecule has 0 fully saturated rings. The zero-order valence-electron chi connectivity index (χ0n) is 13.6. The number of nitrogens with zero attached hydrogens (tertiary/aromatic N) is 2. The Hall–Kier alpha value is -2.75. The molecule has 3 aromatic rings. The maximum absolute atomic E-state index is 12.4. The third-order valence-electron chi connectivity index (χ3n) is 4.04. The van der Waals surface area contributed by atoms with Gasteiger partial charge in [0.05, 0.1) is 22.4 Å². The highest BCUT2D eigenvalue weighted by atomic mass is 16.1. The molecular weight excluding hydrogens is 286 g/mol. The fourth-order valence-corrected chi connectivity index (χ4v) is 2.46. The first kappa shape index (κ1) is 15.2. The molecule has 0 radical (unpaired) electrons. The fraction of sp³-hybridized carbons (Fsp3) is 0.211. The molecule has 0 atom stereocenters. The minimum Gasteiger partial charge on any atom is -0.348 e. The Morgan fingerprint density at radius 2 is 1.65 bits per heavy atom. The maximum Gasteiger partial charge on any atom is 0.251 e. The normalized spacial score (nSPS) is 10.7. The first-order valence-corrected chi connectivity index (χ1v) is 7.62. The van der Waals surface area contributed by atoms with Crippen LogP contribution in [0, 0.1) is 20.8 Å². The molecule has 1 N–H and O–H groups in total. The van der Waals surface area contributed by atoms with E-state index < -0.39 is 0 Å². The Bertz CT molecular complexity index is 887. The summed E-state index contributed by atoms with van der Waals surface area (Å²) in [5.74, 6) is -0.102. The first-order chi connectivity index (χ1) is 11.0. The lowest BCUT2D eigenvalue weighted by molar-refractivity contribution is 0.0951. The number of benzene rings is 2. The number of nitrogens with one attached hydrogen (secondary N) is 1. The summed E-state index contributed by atoms with van der Waals surface area (Å²) in [6.45, 7) is 6.41. The van der Waals surface area contributed by atoms with Crippen LogP contribution in [0.1, 0.15) is 32.9 Å². The SMILES string of the molecule is Cc1ccccc1CNC(=O)c1ccc2nc(C)c(C)nc2c1. The van der Waals surface area contributed by atoms with Crippen LogP contribution in [0.4, 0.5) is 0 Å². The Morgan fingerprint density at radius 3 is 2.39 bits per heavy atom. The number of amides is 1. The third-order valence-corrected chi connectivity index (χ3v) is 4.04. The van der Waals surface area contributed by atoms with Gasteiger partial charge in [0.2, 0.25) is 0 Å². The predicted molar refractivity (Wildman–Crippen MR) is 91.4 cm³/mol. The number of hydrogen-bond donors (Lipinski definition) is 1. The van der Waals surface area contributed by atoms with Gasteiger partial charge >= 0.3 is 0 Å². The van der Waals surface area contributed by atoms with Crippen LogP contribution < -0.4 is 5.32 Å². The van der Waals surface area contributed by atoms with E-state index in [2.05, 4.69) is 15.3 Å². The van der Waals surface area contributed by atoms with E-state index in [1.54, 1.807) is 12.1 Å². The summed E-state index contributed by atoms with van der Waals surface area (Å²) in [5, 5.41) is 2.96. The molecule has 23 heavy (non-hydrogen) atoms. The zero-order chi connectivity index (χ0) is 16.4. The van der Waals surface area contributed by atoms with Gasteiger partial charge in [0.1, 0.15) is 0 Å². The van der Waals surface area contributed by atoms with Gasteiger partial charge in [-0.3, -0.25) is 4.79 Å². The van der Waals surface area contributed by atoms with Crippen molar-refractivity contribution in [3.05, 3.63) is 70.5 Å². The minimum atomic E-state index is -0.102. The van der Waals surface area contributed by atoms with Gasteiger partial charge in [-0.1, -0.05) is 24.3 Å². The molecule has 0 aliphatic carbocycles. The summed E-state index contributed by atoms with van der Waals surface area (Å²) in [5.41, 5.74) is 6.24. The van der Waals surface area contributed by atoms with Crippen LogP contribution in [-0.4, -0.2) is 15.9 Å². The molecule has 0 bridgehead atoms. The molecule has 4 nitrogen and oxygen atoms in total. The van der Waals surface area contributed by atoms with Gasteiger partial charge in [0, 0.05) is 12.1 Å². The van der Waals surface area contributed by atoms with Crippen molar-refractivity contribution in [3.63, 3.8) is 0 Å². The van der Waals surface area contributed by atoms with Crippen LogP contribution in [-0.2, 0) is 6.54 Å². The van der Waals surface area contributed by atoms with E-state index in [-0.39, 0.29) is 5.91 Å². The van der Waals surface area contributed by atoms with Gasteiger partial charge in [-0.05, 0) is 50.1 Å². The number of aryl methyl sites for hydroxylation is 3. The van der Waals surface area contributed by atoms with Gasteiger partial charge in [0.25, 0.3) is 5.91 Å². The highest BCUT2D eigenvalue weighted by Crippen LogP contribution is 2.15. The second-order valence-electron chi connectivity index (χ2n) is 5.71. The lowest BCUT2D eigenvalue weighted by Crippen LogP contribution is -2.23. The molecule has 3 rings (SSSR count). The Balaban J connectivity index is 1.81. The maximum atomic E-state index is 12.4. The number of rotatable bonds is 3. The van der Waals surface area contributed by atoms with Crippen molar-refractivity contribution >= 4 is 16.9 Å². The van der Waals surface area contributed by atoms with Gasteiger partial charge < -0.3 is 5.32 Å². The van der Waals surface area contributed by atoms with Gasteiger partial charge in [-0.15, -0.1) is 0 Å².